The number of methoxy groups -OCH3 is 1. The van der Waals surface area contributed by atoms with Crippen LogP contribution < -0.4 is 25.0 Å². The molecule has 3 rings (SSSR count). The predicted octanol–water partition coefficient (Wildman–Crippen LogP) is 1.99. The number of fused-ring (bicyclic) bond motifs is 1. The average Bonchev–Trinajstić information content (AvgIpc) is 3.08. The molecule has 0 bridgehead atoms. The highest BCUT2D eigenvalue weighted by atomic mass is 16.7. The van der Waals surface area contributed by atoms with E-state index in [4.69, 9.17) is 14.2 Å². The van der Waals surface area contributed by atoms with E-state index in [0.717, 1.165) is 11.3 Å². The number of amides is 1. The molecule has 0 spiro atoms. The molecule has 0 aromatic heterocycles. The van der Waals surface area contributed by atoms with Crippen molar-refractivity contribution in [3.63, 3.8) is 0 Å². The van der Waals surface area contributed by atoms with Crippen molar-refractivity contribution in [1.82, 2.24) is 5.43 Å². The molecular weight excluding hydrogens is 310 g/mol. The van der Waals surface area contributed by atoms with Gasteiger partial charge in [-0.25, -0.2) is 5.43 Å². The monoisotopic (exact) mass is 327 g/mol. The minimum absolute atomic E-state index is 0.0822. The van der Waals surface area contributed by atoms with E-state index in [1.807, 2.05) is 30.3 Å². The van der Waals surface area contributed by atoms with Gasteiger partial charge < -0.3 is 19.5 Å². The van der Waals surface area contributed by atoms with Crippen LogP contribution in [0, 0.1) is 0 Å². The van der Waals surface area contributed by atoms with Crippen LogP contribution in [0.5, 0.6) is 17.2 Å². The average molecular weight is 327 g/mol. The molecule has 0 unspecified atom stereocenters. The second kappa shape index (κ2) is 7.36. The van der Waals surface area contributed by atoms with Gasteiger partial charge in [-0.15, -0.1) is 0 Å². The third kappa shape index (κ3) is 3.75. The largest absolute Gasteiger partial charge is 0.495 e. The number of nitrogens with one attached hydrogen (secondary N) is 2. The van der Waals surface area contributed by atoms with Gasteiger partial charge in [0.25, 0.3) is 5.91 Å². The standard InChI is InChI=1S/C17H17N3O4/c1-22-14-5-3-2-4-13(14)18-10-17(21)20-19-9-12-6-7-15-16(8-12)24-11-23-15/h2-9,18H,10-11H2,1H3,(H,20,21)/b19-9-. The number of carbonyl (C=O) groups is 1. The van der Waals surface area contributed by atoms with Crippen LogP contribution in [0.25, 0.3) is 0 Å². The summed E-state index contributed by atoms with van der Waals surface area (Å²) in [7, 11) is 1.58. The molecule has 0 aliphatic carbocycles. The zero-order valence-electron chi connectivity index (χ0n) is 13.1. The maximum absolute atomic E-state index is 11.8. The fourth-order valence-corrected chi connectivity index (χ4v) is 2.18. The second-order valence-corrected chi connectivity index (χ2v) is 4.96. The van der Waals surface area contributed by atoms with E-state index in [0.29, 0.717) is 17.2 Å². The molecule has 0 fully saturated rings. The van der Waals surface area contributed by atoms with E-state index in [1.165, 1.54) is 0 Å². The highest BCUT2D eigenvalue weighted by Crippen LogP contribution is 2.31. The number of nitrogens with zero attached hydrogens (tertiary/aromatic N) is 1. The SMILES string of the molecule is COc1ccccc1NCC(=O)N/N=C\c1ccc2c(c1)OCO2. The molecule has 7 heteroatoms. The van der Waals surface area contributed by atoms with E-state index in [2.05, 4.69) is 15.8 Å². The van der Waals surface area contributed by atoms with Crippen molar-refractivity contribution in [1.29, 1.82) is 0 Å². The summed E-state index contributed by atoms with van der Waals surface area (Å²) in [6, 6.07) is 12.8. The van der Waals surface area contributed by atoms with Gasteiger partial charge in [-0.2, -0.15) is 5.10 Å². The molecule has 2 aromatic carbocycles. The summed E-state index contributed by atoms with van der Waals surface area (Å²) in [6.45, 7) is 0.306. The molecule has 2 N–H and O–H groups in total. The van der Waals surface area contributed by atoms with Crippen LogP contribution in [0.15, 0.2) is 47.6 Å². The minimum Gasteiger partial charge on any atom is -0.495 e. The topological polar surface area (TPSA) is 81.2 Å². The van der Waals surface area contributed by atoms with Crippen LogP contribution in [-0.4, -0.2) is 32.6 Å². The molecule has 0 saturated heterocycles. The van der Waals surface area contributed by atoms with Crippen LogP contribution >= 0.6 is 0 Å². The van der Waals surface area contributed by atoms with Crippen molar-refractivity contribution in [2.24, 2.45) is 5.10 Å². The Kier molecular flexibility index (Phi) is 4.81. The third-order valence-corrected chi connectivity index (χ3v) is 3.35. The number of benzene rings is 2. The fraction of sp³-hybridized carbons (Fsp3) is 0.176. The van der Waals surface area contributed by atoms with Crippen molar-refractivity contribution in [3.8, 4) is 17.2 Å². The summed E-state index contributed by atoms with van der Waals surface area (Å²) in [5.74, 6) is 1.78. The van der Waals surface area contributed by atoms with E-state index in [1.54, 1.807) is 25.5 Å². The van der Waals surface area contributed by atoms with Crippen molar-refractivity contribution < 1.29 is 19.0 Å². The van der Waals surface area contributed by atoms with Crippen molar-refractivity contribution in [3.05, 3.63) is 48.0 Å². The van der Waals surface area contributed by atoms with Crippen molar-refractivity contribution in [2.75, 3.05) is 25.8 Å². The first-order valence-electron chi connectivity index (χ1n) is 7.35. The molecule has 2 aromatic rings. The number of carbonyl (C=O) groups excluding carboxylic acids is 1. The Labute approximate surface area is 139 Å². The summed E-state index contributed by atoms with van der Waals surface area (Å²) < 4.78 is 15.7. The fourth-order valence-electron chi connectivity index (χ4n) is 2.18. The number of anilines is 1. The molecule has 1 aliphatic rings. The van der Waals surface area contributed by atoms with Crippen LogP contribution in [0.2, 0.25) is 0 Å². The van der Waals surface area contributed by atoms with Crippen molar-refractivity contribution in [2.45, 2.75) is 0 Å². The number of hydrogen-bond acceptors (Lipinski definition) is 6. The minimum atomic E-state index is -0.266. The maximum atomic E-state index is 11.8. The smallest absolute Gasteiger partial charge is 0.259 e. The zero-order valence-corrected chi connectivity index (χ0v) is 13.1. The highest BCUT2D eigenvalue weighted by Gasteiger charge is 2.12. The van der Waals surface area contributed by atoms with E-state index in [-0.39, 0.29) is 19.2 Å². The summed E-state index contributed by atoms with van der Waals surface area (Å²) in [4.78, 5) is 11.8. The summed E-state index contributed by atoms with van der Waals surface area (Å²) >= 11 is 0. The lowest BCUT2D eigenvalue weighted by atomic mass is 10.2. The maximum Gasteiger partial charge on any atom is 0.259 e. The molecule has 0 radical (unpaired) electrons. The molecule has 1 heterocycles. The van der Waals surface area contributed by atoms with Crippen LogP contribution in [-0.2, 0) is 4.79 Å². The molecule has 7 nitrogen and oxygen atoms in total. The highest BCUT2D eigenvalue weighted by molar-refractivity contribution is 5.85. The van der Waals surface area contributed by atoms with E-state index >= 15 is 0 Å². The van der Waals surface area contributed by atoms with Gasteiger partial charge in [0.2, 0.25) is 6.79 Å². The molecule has 1 amide bonds. The van der Waals surface area contributed by atoms with Gasteiger partial charge in [0, 0.05) is 0 Å². The summed E-state index contributed by atoms with van der Waals surface area (Å²) in [6.07, 6.45) is 1.54. The third-order valence-electron chi connectivity index (χ3n) is 3.35. The Morgan fingerprint density at radius 1 is 1.25 bits per heavy atom. The second-order valence-electron chi connectivity index (χ2n) is 4.96. The van der Waals surface area contributed by atoms with Crippen molar-refractivity contribution >= 4 is 17.8 Å². The summed E-state index contributed by atoms with van der Waals surface area (Å²) in [5.41, 5.74) is 4.01. The van der Waals surface area contributed by atoms with Crippen LogP contribution in [0.1, 0.15) is 5.56 Å². The lowest BCUT2D eigenvalue weighted by Gasteiger charge is -2.09. The lowest BCUT2D eigenvalue weighted by molar-refractivity contribution is -0.119. The zero-order chi connectivity index (χ0) is 16.8. The predicted molar refractivity (Wildman–Crippen MR) is 89.8 cm³/mol. The first-order valence-corrected chi connectivity index (χ1v) is 7.35. The number of hydrogen-bond donors (Lipinski definition) is 2. The quantitative estimate of drug-likeness (QED) is 0.626. The Hall–Kier alpha value is -3.22. The lowest BCUT2D eigenvalue weighted by Crippen LogP contribution is -2.26. The molecular formula is C17H17N3O4. The number of para-hydroxylation sites is 2. The Balaban J connectivity index is 1.50. The normalized spacial score (nSPS) is 12.2. The van der Waals surface area contributed by atoms with E-state index < -0.39 is 0 Å². The van der Waals surface area contributed by atoms with Gasteiger partial charge in [0.15, 0.2) is 11.5 Å². The van der Waals surface area contributed by atoms with Gasteiger partial charge in [-0.05, 0) is 35.9 Å². The number of ether oxygens (including phenoxy) is 3. The first-order chi connectivity index (χ1) is 11.8. The molecule has 24 heavy (non-hydrogen) atoms. The molecule has 0 atom stereocenters. The van der Waals surface area contributed by atoms with Gasteiger partial charge in [0.1, 0.15) is 5.75 Å². The Morgan fingerprint density at radius 3 is 2.96 bits per heavy atom. The van der Waals surface area contributed by atoms with Gasteiger partial charge in [0.05, 0.1) is 25.6 Å². The van der Waals surface area contributed by atoms with Gasteiger partial charge in [-0.3, -0.25) is 4.79 Å². The summed E-state index contributed by atoms with van der Waals surface area (Å²) in [5, 5.41) is 6.93. The Morgan fingerprint density at radius 2 is 2.08 bits per heavy atom. The number of rotatable bonds is 6. The molecule has 1 aliphatic heterocycles. The van der Waals surface area contributed by atoms with Crippen LogP contribution in [0.3, 0.4) is 0 Å². The number of hydrazone groups is 1. The molecule has 0 saturated carbocycles. The Bertz CT molecular complexity index is 761. The van der Waals surface area contributed by atoms with Crippen LogP contribution in [0.4, 0.5) is 5.69 Å². The van der Waals surface area contributed by atoms with Gasteiger partial charge >= 0.3 is 0 Å². The van der Waals surface area contributed by atoms with E-state index in [9.17, 15) is 4.79 Å². The first kappa shape index (κ1) is 15.7. The molecule has 124 valence electrons. The van der Waals surface area contributed by atoms with Gasteiger partial charge in [-0.1, -0.05) is 12.1 Å².